The van der Waals surface area contributed by atoms with Crippen LogP contribution in [0.4, 0.5) is 5.69 Å². The molecular formula is C14H14BrN3O2. The van der Waals surface area contributed by atoms with Crippen LogP contribution < -0.4 is 5.32 Å². The molecule has 0 saturated carbocycles. The summed E-state index contributed by atoms with van der Waals surface area (Å²) in [7, 11) is 1.78. The van der Waals surface area contributed by atoms with E-state index < -0.39 is 0 Å². The van der Waals surface area contributed by atoms with Crippen LogP contribution in [0.3, 0.4) is 0 Å². The molecule has 0 fully saturated rings. The molecule has 20 heavy (non-hydrogen) atoms. The van der Waals surface area contributed by atoms with E-state index in [1.807, 2.05) is 6.92 Å². The maximum atomic E-state index is 12.1. The summed E-state index contributed by atoms with van der Waals surface area (Å²) in [6.07, 6.45) is 0. The Morgan fingerprint density at radius 1 is 1.25 bits per heavy atom. The molecule has 0 atom stereocenters. The van der Waals surface area contributed by atoms with Gasteiger partial charge in [0.05, 0.1) is 10.2 Å². The molecule has 6 heteroatoms. The van der Waals surface area contributed by atoms with Crippen molar-refractivity contribution in [3.63, 3.8) is 0 Å². The number of carbonyl (C=O) groups is 2. The van der Waals surface area contributed by atoms with E-state index in [0.717, 1.165) is 5.69 Å². The summed E-state index contributed by atoms with van der Waals surface area (Å²) in [5.74, 6) is -0.304. The number of halogens is 1. The van der Waals surface area contributed by atoms with E-state index in [1.165, 1.54) is 6.92 Å². The minimum atomic E-state index is -0.295. The third-order valence-electron chi connectivity index (χ3n) is 3.03. The first-order chi connectivity index (χ1) is 9.40. The number of amides is 1. The third kappa shape index (κ3) is 2.80. The van der Waals surface area contributed by atoms with Crippen LogP contribution in [0.15, 0.2) is 28.7 Å². The van der Waals surface area contributed by atoms with E-state index in [2.05, 4.69) is 26.3 Å². The zero-order valence-corrected chi connectivity index (χ0v) is 13.0. The Kier molecular flexibility index (Phi) is 4.04. The number of Topliss-reactive ketones (excluding diaryl/α,β-unsaturated/α-hetero) is 1. The largest absolute Gasteiger partial charge is 0.321 e. The summed E-state index contributed by atoms with van der Waals surface area (Å²) >= 11 is 3.36. The van der Waals surface area contributed by atoms with Crippen molar-refractivity contribution >= 4 is 33.3 Å². The van der Waals surface area contributed by atoms with Crippen molar-refractivity contribution in [3.05, 3.63) is 45.7 Å². The number of hydrogen-bond acceptors (Lipinski definition) is 3. The fraction of sp³-hybridized carbons (Fsp3) is 0.214. The van der Waals surface area contributed by atoms with Gasteiger partial charge in [0.1, 0.15) is 0 Å². The number of hydrogen-bond donors (Lipinski definition) is 1. The van der Waals surface area contributed by atoms with Crippen LogP contribution in [0.2, 0.25) is 0 Å². The fourth-order valence-electron chi connectivity index (χ4n) is 1.71. The molecule has 5 nitrogen and oxygen atoms in total. The van der Waals surface area contributed by atoms with Crippen LogP contribution in [-0.4, -0.2) is 21.5 Å². The maximum absolute atomic E-state index is 12.1. The molecule has 0 spiro atoms. The number of rotatable bonds is 3. The number of carbonyl (C=O) groups excluding carboxylic acids is 2. The predicted molar refractivity (Wildman–Crippen MR) is 80.0 cm³/mol. The lowest BCUT2D eigenvalue weighted by Gasteiger charge is -2.04. The fourth-order valence-corrected chi connectivity index (χ4v) is 2.22. The molecule has 0 aliphatic heterocycles. The second kappa shape index (κ2) is 5.58. The predicted octanol–water partition coefficient (Wildman–Crippen LogP) is 2.95. The van der Waals surface area contributed by atoms with Gasteiger partial charge in [0.2, 0.25) is 0 Å². The molecule has 0 saturated heterocycles. The second-order valence-corrected chi connectivity index (χ2v) is 5.25. The number of nitrogens with one attached hydrogen (secondary N) is 1. The van der Waals surface area contributed by atoms with Gasteiger partial charge in [-0.05, 0) is 54.0 Å². The van der Waals surface area contributed by atoms with Crippen molar-refractivity contribution in [3.8, 4) is 0 Å². The Hall–Kier alpha value is -1.95. The molecule has 0 bridgehead atoms. The molecule has 1 amide bonds. The van der Waals surface area contributed by atoms with Gasteiger partial charge in [-0.1, -0.05) is 0 Å². The Labute approximate surface area is 125 Å². The number of anilines is 1. The molecule has 104 valence electrons. The zero-order chi connectivity index (χ0) is 14.9. The van der Waals surface area contributed by atoms with Crippen LogP contribution in [0.5, 0.6) is 0 Å². The number of aryl methyl sites for hydroxylation is 1. The van der Waals surface area contributed by atoms with Gasteiger partial charge in [-0.3, -0.25) is 14.3 Å². The van der Waals surface area contributed by atoms with Crippen molar-refractivity contribution in [1.82, 2.24) is 9.78 Å². The monoisotopic (exact) mass is 335 g/mol. The Morgan fingerprint density at radius 3 is 2.30 bits per heavy atom. The quantitative estimate of drug-likeness (QED) is 0.877. The van der Waals surface area contributed by atoms with Gasteiger partial charge in [-0.2, -0.15) is 5.10 Å². The highest BCUT2D eigenvalue weighted by molar-refractivity contribution is 9.10. The molecule has 2 aromatic rings. The molecule has 0 aliphatic rings. The van der Waals surface area contributed by atoms with Gasteiger partial charge < -0.3 is 5.32 Å². The first-order valence-corrected chi connectivity index (χ1v) is 6.81. The summed E-state index contributed by atoms with van der Waals surface area (Å²) in [6.45, 7) is 3.37. The molecule has 2 rings (SSSR count). The normalized spacial score (nSPS) is 10.4. The standard InChI is InChI=1S/C14H14BrN3O2/c1-8-12(15)13(17-18(8)3)14(20)16-11-6-4-10(5-7-11)9(2)19/h4-7H,1-3H3,(H,16,20). The van der Waals surface area contributed by atoms with Gasteiger partial charge in [0.25, 0.3) is 5.91 Å². The van der Waals surface area contributed by atoms with Gasteiger partial charge in [0, 0.05) is 18.3 Å². The number of benzene rings is 1. The Morgan fingerprint density at radius 2 is 1.85 bits per heavy atom. The van der Waals surface area contributed by atoms with Crippen molar-refractivity contribution in [1.29, 1.82) is 0 Å². The van der Waals surface area contributed by atoms with Gasteiger partial charge in [-0.25, -0.2) is 0 Å². The van der Waals surface area contributed by atoms with Gasteiger partial charge in [-0.15, -0.1) is 0 Å². The van der Waals surface area contributed by atoms with Crippen molar-refractivity contribution in [2.75, 3.05) is 5.32 Å². The Balaban J connectivity index is 2.19. The van der Waals surface area contributed by atoms with Crippen LogP contribution in [0, 0.1) is 6.92 Å². The van der Waals surface area contributed by atoms with E-state index in [9.17, 15) is 9.59 Å². The van der Waals surface area contributed by atoms with Crippen molar-refractivity contribution < 1.29 is 9.59 Å². The van der Waals surface area contributed by atoms with Gasteiger partial charge >= 0.3 is 0 Å². The first-order valence-electron chi connectivity index (χ1n) is 6.01. The molecular weight excluding hydrogens is 322 g/mol. The maximum Gasteiger partial charge on any atom is 0.277 e. The lowest BCUT2D eigenvalue weighted by Crippen LogP contribution is -2.13. The molecule has 0 aliphatic carbocycles. The minimum absolute atomic E-state index is 0.00836. The highest BCUT2D eigenvalue weighted by Gasteiger charge is 2.17. The first kappa shape index (κ1) is 14.5. The van der Waals surface area contributed by atoms with Crippen LogP contribution in [0.25, 0.3) is 0 Å². The van der Waals surface area contributed by atoms with E-state index in [-0.39, 0.29) is 11.7 Å². The molecule has 0 radical (unpaired) electrons. The summed E-state index contributed by atoms with van der Waals surface area (Å²) in [5, 5.41) is 6.90. The molecule has 1 N–H and O–H groups in total. The minimum Gasteiger partial charge on any atom is -0.321 e. The Bertz CT molecular complexity index is 674. The van der Waals surface area contributed by atoms with Crippen LogP contribution in [-0.2, 0) is 7.05 Å². The third-order valence-corrected chi connectivity index (χ3v) is 3.97. The van der Waals surface area contributed by atoms with Crippen molar-refractivity contribution in [2.45, 2.75) is 13.8 Å². The average Bonchev–Trinajstić information content (AvgIpc) is 2.67. The zero-order valence-electron chi connectivity index (χ0n) is 11.4. The average molecular weight is 336 g/mol. The van der Waals surface area contributed by atoms with E-state index >= 15 is 0 Å². The molecule has 0 unspecified atom stereocenters. The van der Waals surface area contributed by atoms with E-state index in [1.54, 1.807) is 36.0 Å². The number of aromatic nitrogens is 2. The summed E-state index contributed by atoms with van der Waals surface area (Å²) in [4.78, 5) is 23.3. The summed E-state index contributed by atoms with van der Waals surface area (Å²) in [5.41, 5.74) is 2.44. The van der Waals surface area contributed by atoms with E-state index in [4.69, 9.17) is 0 Å². The van der Waals surface area contributed by atoms with Crippen molar-refractivity contribution in [2.24, 2.45) is 7.05 Å². The number of nitrogens with zero attached hydrogens (tertiary/aromatic N) is 2. The topological polar surface area (TPSA) is 64.0 Å². The second-order valence-electron chi connectivity index (χ2n) is 4.46. The molecule has 1 aromatic heterocycles. The highest BCUT2D eigenvalue weighted by Crippen LogP contribution is 2.21. The van der Waals surface area contributed by atoms with Gasteiger partial charge in [0.15, 0.2) is 11.5 Å². The number of ketones is 1. The molecule has 1 aromatic carbocycles. The molecule has 1 heterocycles. The highest BCUT2D eigenvalue weighted by atomic mass is 79.9. The van der Waals surface area contributed by atoms with Crippen LogP contribution >= 0.6 is 15.9 Å². The lowest BCUT2D eigenvalue weighted by molar-refractivity contribution is 0.101. The SMILES string of the molecule is CC(=O)c1ccc(NC(=O)c2nn(C)c(C)c2Br)cc1. The van der Waals surface area contributed by atoms with E-state index in [0.29, 0.717) is 21.4 Å². The summed E-state index contributed by atoms with van der Waals surface area (Å²) < 4.78 is 2.32. The summed E-state index contributed by atoms with van der Waals surface area (Å²) in [6, 6.07) is 6.74. The lowest BCUT2D eigenvalue weighted by atomic mass is 10.1. The van der Waals surface area contributed by atoms with Crippen LogP contribution in [0.1, 0.15) is 33.5 Å². The smallest absolute Gasteiger partial charge is 0.277 e.